The van der Waals surface area contributed by atoms with Crippen molar-refractivity contribution in [2.24, 2.45) is 0 Å². The first kappa shape index (κ1) is 24.7. The van der Waals surface area contributed by atoms with Crippen molar-refractivity contribution < 1.29 is 31.8 Å². The lowest BCUT2D eigenvalue weighted by atomic mass is 10.00. The molecular weight excluding hydrogens is 484 g/mol. The fourth-order valence-electron chi connectivity index (χ4n) is 4.20. The van der Waals surface area contributed by atoms with Gasteiger partial charge in [0.05, 0.1) is 12.2 Å². The normalized spacial score (nSPS) is 14.5. The molecule has 1 aliphatic rings. The van der Waals surface area contributed by atoms with Gasteiger partial charge in [0.15, 0.2) is 23.3 Å². The van der Waals surface area contributed by atoms with E-state index in [9.17, 15) is 22.4 Å². The minimum absolute atomic E-state index is 0.0335. The molecule has 1 saturated heterocycles. The number of benzene rings is 4. The Hall–Kier alpha value is -3.97. The van der Waals surface area contributed by atoms with Gasteiger partial charge in [0.1, 0.15) is 11.9 Å². The first-order valence-electron chi connectivity index (χ1n) is 11.9. The van der Waals surface area contributed by atoms with E-state index in [4.69, 9.17) is 9.47 Å². The zero-order valence-electron chi connectivity index (χ0n) is 19.9. The minimum Gasteiger partial charge on any atom is -0.423 e. The molecule has 5 rings (SSSR count). The smallest absolute Gasteiger partial charge is 0.346 e. The van der Waals surface area contributed by atoms with Gasteiger partial charge >= 0.3 is 5.97 Å². The lowest BCUT2D eigenvalue weighted by molar-refractivity contribution is 0.0728. The molecule has 37 heavy (non-hydrogen) atoms. The van der Waals surface area contributed by atoms with Crippen LogP contribution in [0.25, 0.3) is 22.3 Å². The number of carbonyl (C=O) groups excluding carboxylic acids is 1. The third kappa shape index (κ3) is 5.00. The quantitative estimate of drug-likeness (QED) is 0.111. The van der Waals surface area contributed by atoms with E-state index in [1.165, 1.54) is 48.5 Å². The molecule has 0 amide bonds. The summed E-state index contributed by atoms with van der Waals surface area (Å²) in [7, 11) is 0. The molecule has 188 valence electrons. The average molecular weight is 506 g/mol. The maximum atomic E-state index is 14.8. The van der Waals surface area contributed by atoms with Gasteiger partial charge in [0, 0.05) is 16.7 Å². The molecule has 0 bridgehead atoms. The highest BCUT2D eigenvalue weighted by Crippen LogP contribution is 2.36. The van der Waals surface area contributed by atoms with Gasteiger partial charge in [-0.2, -0.15) is 0 Å². The molecule has 1 atom stereocenters. The number of halogens is 4. The van der Waals surface area contributed by atoms with Crippen LogP contribution in [-0.4, -0.2) is 12.6 Å². The highest BCUT2D eigenvalue weighted by atomic mass is 19.2. The molecule has 1 unspecified atom stereocenters. The number of rotatable bonds is 7. The summed E-state index contributed by atoms with van der Waals surface area (Å²) in [5, 5.41) is 0. The molecule has 1 fully saturated rings. The van der Waals surface area contributed by atoms with Gasteiger partial charge in [0.25, 0.3) is 0 Å². The van der Waals surface area contributed by atoms with Crippen molar-refractivity contribution in [1.82, 2.24) is 0 Å². The summed E-state index contributed by atoms with van der Waals surface area (Å²) in [6.07, 6.45) is 1.44. The van der Waals surface area contributed by atoms with Gasteiger partial charge < -0.3 is 9.47 Å². The van der Waals surface area contributed by atoms with Gasteiger partial charge in [0.2, 0.25) is 0 Å². The van der Waals surface area contributed by atoms with Crippen LogP contribution in [0.3, 0.4) is 0 Å². The summed E-state index contributed by atoms with van der Waals surface area (Å²) < 4.78 is 68.8. The van der Waals surface area contributed by atoms with Crippen molar-refractivity contribution in [1.29, 1.82) is 0 Å². The number of epoxide rings is 1. The van der Waals surface area contributed by atoms with Crippen LogP contribution in [0.15, 0.2) is 72.8 Å². The van der Waals surface area contributed by atoms with Gasteiger partial charge in [-0.3, -0.25) is 0 Å². The highest BCUT2D eigenvalue weighted by Gasteiger charge is 2.30. The molecule has 0 aromatic heterocycles. The van der Waals surface area contributed by atoms with Crippen LogP contribution in [0, 0.1) is 23.3 Å². The van der Waals surface area contributed by atoms with Gasteiger partial charge in [-0.25, -0.2) is 22.4 Å². The number of esters is 1. The number of carbonyl (C=O) groups is 1. The van der Waals surface area contributed by atoms with E-state index in [2.05, 4.69) is 6.92 Å². The van der Waals surface area contributed by atoms with Crippen molar-refractivity contribution in [2.75, 3.05) is 6.61 Å². The zero-order chi connectivity index (χ0) is 26.1. The Balaban J connectivity index is 1.32. The molecular formula is C30H22F4O3. The van der Waals surface area contributed by atoms with E-state index < -0.39 is 40.9 Å². The maximum absolute atomic E-state index is 14.8. The predicted octanol–water partition coefficient (Wildman–Crippen LogP) is 7.82. The third-order valence-corrected chi connectivity index (χ3v) is 6.27. The Morgan fingerprint density at radius 2 is 1.35 bits per heavy atom. The summed E-state index contributed by atoms with van der Waals surface area (Å²) in [6, 6.07) is 18.2. The second-order valence-electron chi connectivity index (χ2n) is 8.80. The molecule has 3 nitrogen and oxygen atoms in total. The third-order valence-electron chi connectivity index (χ3n) is 6.27. The fraction of sp³-hybridized carbons (Fsp3) is 0.167. The first-order chi connectivity index (χ1) is 17.9. The van der Waals surface area contributed by atoms with Crippen LogP contribution >= 0.6 is 0 Å². The molecule has 7 heteroatoms. The van der Waals surface area contributed by atoms with E-state index in [-0.39, 0.29) is 22.4 Å². The number of hydrogen-bond donors (Lipinski definition) is 0. The average Bonchev–Trinajstić information content (AvgIpc) is 3.74. The molecule has 0 radical (unpaired) electrons. The molecule has 0 aliphatic carbocycles. The maximum Gasteiger partial charge on any atom is 0.346 e. The Kier molecular flexibility index (Phi) is 6.80. The van der Waals surface area contributed by atoms with Crippen LogP contribution in [-0.2, 0) is 11.2 Å². The van der Waals surface area contributed by atoms with Gasteiger partial charge in [-0.1, -0.05) is 67.9 Å². The summed E-state index contributed by atoms with van der Waals surface area (Å²) in [5.41, 5.74) is 1.62. The lowest BCUT2D eigenvalue weighted by Gasteiger charge is -2.11. The van der Waals surface area contributed by atoms with Crippen LogP contribution < -0.4 is 4.74 Å². The monoisotopic (exact) mass is 506 g/mol. The summed E-state index contributed by atoms with van der Waals surface area (Å²) in [6.45, 7) is 2.41. The fourth-order valence-corrected chi connectivity index (χ4v) is 4.20. The number of aryl methyl sites for hydroxylation is 1. The van der Waals surface area contributed by atoms with Crippen LogP contribution in [0.4, 0.5) is 17.6 Å². The Morgan fingerprint density at radius 1 is 0.784 bits per heavy atom. The molecule has 4 aromatic rings. The standard InChI is InChI=1S/C30H22F4O3/c1-2-3-17-4-6-18(7-5-17)22-13-15-24(29(34)27(22)32)30(35)37-20-10-8-19(9-11-20)21-12-14-23(25-16-36-25)28(33)26(21)31/h4-15,25H,2-3,16H2,1H3. The Bertz CT molecular complexity index is 1460. The van der Waals surface area contributed by atoms with Crippen LogP contribution in [0.2, 0.25) is 0 Å². The molecule has 4 aromatic carbocycles. The van der Waals surface area contributed by atoms with Crippen molar-refractivity contribution >= 4 is 5.97 Å². The zero-order valence-corrected chi connectivity index (χ0v) is 19.9. The van der Waals surface area contributed by atoms with E-state index in [1.807, 2.05) is 12.1 Å². The molecule has 1 aliphatic heterocycles. The van der Waals surface area contributed by atoms with E-state index in [0.29, 0.717) is 17.7 Å². The van der Waals surface area contributed by atoms with E-state index >= 15 is 0 Å². The largest absolute Gasteiger partial charge is 0.423 e. The van der Waals surface area contributed by atoms with Crippen molar-refractivity contribution in [3.05, 3.63) is 113 Å². The first-order valence-corrected chi connectivity index (χ1v) is 11.9. The SMILES string of the molecule is CCCc1ccc(-c2ccc(C(=O)Oc3ccc(-c4ccc(C5CO5)c(F)c4F)cc3)c(F)c2F)cc1. The Labute approximate surface area is 211 Å². The second-order valence-corrected chi connectivity index (χ2v) is 8.80. The van der Waals surface area contributed by atoms with Crippen molar-refractivity contribution in [3.8, 4) is 28.0 Å². The molecule has 0 spiro atoms. The second kappa shape index (κ2) is 10.2. The number of hydrogen-bond acceptors (Lipinski definition) is 3. The molecule has 1 heterocycles. The highest BCUT2D eigenvalue weighted by molar-refractivity contribution is 5.92. The van der Waals surface area contributed by atoms with Crippen LogP contribution in [0.1, 0.15) is 40.9 Å². The van der Waals surface area contributed by atoms with Gasteiger partial charge in [-0.15, -0.1) is 0 Å². The number of ether oxygens (including phenoxy) is 2. The summed E-state index contributed by atoms with van der Waals surface area (Å²) in [4.78, 5) is 12.6. The van der Waals surface area contributed by atoms with Gasteiger partial charge in [-0.05, 0) is 41.3 Å². The lowest BCUT2D eigenvalue weighted by Crippen LogP contribution is -2.12. The predicted molar refractivity (Wildman–Crippen MR) is 131 cm³/mol. The van der Waals surface area contributed by atoms with Crippen LogP contribution in [0.5, 0.6) is 5.75 Å². The topological polar surface area (TPSA) is 38.8 Å². The van der Waals surface area contributed by atoms with Crippen molar-refractivity contribution in [2.45, 2.75) is 25.9 Å². The minimum atomic E-state index is -1.31. The molecule has 0 saturated carbocycles. The van der Waals surface area contributed by atoms with E-state index in [1.54, 1.807) is 12.1 Å². The Morgan fingerprint density at radius 3 is 1.95 bits per heavy atom. The van der Waals surface area contributed by atoms with Crippen molar-refractivity contribution in [3.63, 3.8) is 0 Å². The molecule has 0 N–H and O–H groups in total. The summed E-state index contributed by atoms with van der Waals surface area (Å²) >= 11 is 0. The van der Waals surface area contributed by atoms with E-state index in [0.717, 1.165) is 18.4 Å². The summed E-state index contributed by atoms with van der Waals surface area (Å²) in [5.74, 6) is -5.48.